The van der Waals surface area contributed by atoms with Gasteiger partial charge < -0.3 is 19.9 Å². The Labute approximate surface area is 186 Å². The average Bonchev–Trinajstić information content (AvgIpc) is 3.32. The van der Waals surface area contributed by atoms with E-state index in [-0.39, 0.29) is 34.5 Å². The first-order chi connectivity index (χ1) is 15.3. The van der Waals surface area contributed by atoms with Crippen molar-refractivity contribution >= 4 is 45.7 Å². The second-order valence-corrected chi connectivity index (χ2v) is 8.76. The van der Waals surface area contributed by atoms with Crippen molar-refractivity contribution in [3.8, 4) is 0 Å². The smallest absolute Gasteiger partial charge is 0.261 e. The molecule has 32 heavy (non-hydrogen) atoms. The van der Waals surface area contributed by atoms with Gasteiger partial charge in [-0.25, -0.2) is 13.8 Å². The number of aryl methyl sites for hydroxylation is 1. The van der Waals surface area contributed by atoms with Crippen LogP contribution in [0.5, 0.6) is 0 Å². The molecule has 0 aliphatic carbocycles. The lowest BCUT2D eigenvalue weighted by molar-refractivity contribution is 0.102. The van der Waals surface area contributed by atoms with Crippen LogP contribution in [-0.2, 0) is 0 Å². The van der Waals surface area contributed by atoms with Crippen LogP contribution >= 0.6 is 11.7 Å². The molecule has 0 radical (unpaired) electrons. The van der Waals surface area contributed by atoms with E-state index in [1.165, 1.54) is 16.7 Å². The molecule has 0 spiro atoms. The van der Waals surface area contributed by atoms with Crippen molar-refractivity contribution in [1.29, 1.82) is 0 Å². The van der Waals surface area contributed by atoms with Crippen LogP contribution < -0.4 is 15.5 Å². The van der Waals surface area contributed by atoms with E-state index in [0.29, 0.717) is 30.0 Å². The zero-order valence-corrected chi connectivity index (χ0v) is 18.5. The van der Waals surface area contributed by atoms with Crippen LogP contribution in [0, 0.1) is 18.6 Å². The summed E-state index contributed by atoms with van der Waals surface area (Å²) in [5, 5.41) is 6.02. The SMILES string of the molecule is Cc1cn2cc(NC(=O)c3c(F)cc(N4CC(C)NC(C)C4)c4nsnc34)cc(F)c2n1. The number of amides is 1. The molecule has 1 aliphatic rings. The molecule has 3 aromatic heterocycles. The van der Waals surface area contributed by atoms with Gasteiger partial charge in [0.2, 0.25) is 0 Å². The Hall–Kier alpha value is -3.18. The number of piperazine rings is 1. The van der Waals surface area contributed by atoms with E-state index in [9.17, 15) is 9.18 Å². The minimum absolute atomic E-state index is 0.154. The molecule has 166 valence electrons. The third kappa shape index (κ3) is 3.56. The van der Waals surface area contributed by atoms with Crippen LogP contribution in [0.1, 0.15) is 29.9 Å². The number of nitrogens with zero attached hydrogens (tertiary/aromatic N) is 5. The molecule has 0 saturated carbocycles. The minimum Gasteiger partial charge on any atom is -0.367 e. The molecular formula is C21H21F2N7OS. The maximum atomic E-state index is 15.2. The number of rotatable bonds is 3. The van der Waals surface area contributed by atoms with Crippen LogP contribution in [0.25, 0.3) is 16.7 Å². The van der Waals surface area contributed by atoms with E-state index < -0.39 is 17.5 Å². The number of halogens is 2. The van der Waals surface area contributed by atoms with Crippen molar-refractivity contribution in [2.75, 3.05) is 23.3 Å². The fourth-order valence-corrected chi connectivity index (χ4v) is 4.88. The van der Waals surface area contributed by atoms with Gasteiger partial charge in [-0.2, -0.15) is 8.75 Å². The minimum atomic E-state index is -0.718. The molecule has 1 fully saturated rings. The summed E-state index contributed by atoms with van der Waals surface area (Å²) in [7, 11) is 0. The number of aromatic nitrogens is 4. The summed E-state index contributed by atoms with van der Waals surface area (Å²) in [4.78, 5) is 19.2. The number of pyridine rings is 1. The van der Waals surface area contributed by atoms with E-state index in [1.807, 2.05) is 0 Å². The van der Waals surface area contributed by atoms with E-state index >= 15 is 4.39 Å². The second-order valence-electron chi connectivity index (χ2n) is 8.23. The molecule has 1 amide bonds. The number of carbonyl (C=O) groups is 1. The summed E-state index contributed by atoms with van der Waals surface area (Å²) >= 11 is 0.925. The molecule has 1 aliphatic heterocycles. The monoisotopic (exact) mass is 457 g/mol. The number of nitrogens with one attached hydrogen (secondary N) is 2. The highest BCUT2D eigenvalue weighted by Crippen LogP contribution is 2.32. The molecule has 0 bridgehead atoms. The fourth-order valence-electron chi connectivity index (χ4n) is 4.32. The van der Waals surface area contributed by atoms with E-state index in [1.54, 1.807) is 13.1 Å². The normalized spacial score (nSPS) is 19.1. The summed E-state index contributed by atoms with van der Waals surface area (Å²) < 4.78 is 39.6. The Morgan fingerprint density at radius 1 is 1.12 bits per heavy atom. The first kappa shape index (κ1) is 20.7. The molecular weight excluding hydrogens is 436 g/mol. The number of anilines is 2. The topological polar surface area (TPSA) is 87.5 Å². The predicted octanol–water partition coefficient (Wildman–Crippen LogP) is 3.36. The predicted molar refractivity (Wildman–Crippen MR) is 119 cm³/mol. The Morgan fingerprint density at radius 3 is 2.59 bits per heavy atom. The summed E-state index contributed by atoms with van der Waals surface area (Å²) in [6, 6.07) is 2.95. The van der Waals surface area contributed by atoms with Crippen molar-refractivity contribution in [3.05, 3.63) is 47.4 Å². The fraction of sp³-hybridized carbons (Fsp3) is 0.333. The van der Waals surface area contributed by atoms with Crippen LogP contribution in [0.4, 0.5) is 20.2 Å². The molecule has 5 rings (SSSR count). The maximum absolute atomic E-state index is 15.2. The Bertz CT molecular complexity index is 1340. The van der Waals surface area contributed by atoms with Gasteiger partial charge in [-0.1, -0.05) is 0 Å². The highest BCUT2D eigenvalue weighted by atomic mass is 32.1. The van der Waals surface area contributed by atoms with Crippen molar-refractivity contribution < 1.29 is 13.6 Å². The van der Waals surface area contributed by atoms with Crippen molar-refractivity contribution in [2.45, 2.75) is 32.9 Å². The lowest BCUT2D eigenvalue weighted by Gasteiger charge is -2.37. The molecule has 11 heteroatoms. The average molecular weight is 458 g/mol. The van der Waals surface area contributed by atoms with Crippen molar-refractivity contribution in [3.63, 3.8) is 0 Å². The van der Waals surface area contributed by atoms with Gasteiger partial charge in [-0.05, 0) is 20.8 Å². The Balaban J connectivity index is 1.51. The third-order valence-electron chi connectivity index (χ3n) is 5.48. The quantitative estimate of drug-likeness (QED) is 0.491. The summed E-state index contributed by atoms with van der Waals surface area (Å²) in [6.07, 6.45) is 3.17. The van der Waals surface area contributed by atoms with Crippen LogP contribution in [0.2, 0.25) is 0 Å². The third-order valence-corrected chi connectivity index (χ3v) is 6.01. The molecule has 2 atom stereocenters. The van der Waals surface area contributed by atoms with Crippen LogP contribution in [0.15, 0.2) is 24.5 Å². The first-order valence-electron chi connectivity index (χ1n) is 10.2. The van der Waals surface area contributed by atoms with E-state index in [0.717, 1.165) is 17.8 Å². The number of imidazole rings is 1. The maximum Gasteiger partial charge on any atom is 0.261 e. The zero-order valence-electron chi connectivity index (χ0n) is 17.7. The van der Waals surface area contributed by atoms with Gasteiger partial charge in [0.25, 0.3) is 5.91 Å². The van der Waals surface area contributed by atoms with Gasteiger partial charge in [-0.15, -0.1) is 0 Å². The number of hydrogen-bond donors (Lipinski definition) is 2. The first-order valence-corrected chi connectivity index (χ1v) is 10.9. The van der Waals surface area contributed by atoms with Crippen LogP contribution in [-0.4, -0.2) is 49.2 Å². The number of benzene rings is 1. The van der Waals surface area contributed by atoms with Crippen molar-refractivity contribution in [2.24, 2.45) is 0 Å². The summed E-state index contributed by atoms with van der Waals surface area (Å²) in [5.74, 6) is -2.00. The highest BCUT2D eigenvalue weighted by molar-refractivity contribution is 7.00. The molecule has 4 heterocycles. The van der Waals surface area contributed by atoms with Gasteiger partial charge in [0, 0.05) is 49.7 Å². The Morgan fingerprint density at radius 2 is 1.84 bits per heavy atom. The zero-order chi connectivity index (χ0) is 22.6. The molecule has 1 aromatic carbocycles. The molecule has 4 aromatic rings. The highest BCUT2D eigenvalue weighted by Gasteiger charge is 2.28. The number of hydrogen-bond acceptors (Lipinski definition) is 7. The van der Waals surface area contributed by atoms with Crippen LogP contribution in [0.3, 0.4) is 0 Å². The second kappa shape index (κ2) is 7.75. The molecule has 8 nitrogen and oxygen atoms in total. The molecule has 2 unspecified atom stereocenters. The van der Waals surface area contributed by atoms with E-state index in [2.05, 4.69) is 43.1 Å². The van der Waals surface area contributed by atoms with Gasteiger partial charge in [-0.3, -0.25) is 4.79 Å². The van der Waals surface area contributed by atoms with E-state index in [4.69, 9.17) is 0 Å². The summed E-state index contributed by atoms with van der Waals surface area (Å²) in [5.41, 5.74) is 2.06. The molecule has 1 saturated heterocycles. The standard InChI is InChI=1S/C21H21F2N7OS/c1-10-6-29(7-11(2)24-10)16-5-14(22)17(19-18(16)27-32-28-19)21(31)26-13-4-15(23)20-25-12(3)8-30(20)9-13/h4-5,8-11,24H,6-7H2,1-3H3,(H,26,31). The number of carbonyl (C=O) groups excluding carboxylic acids is 1. The largest absolute Gasteiger partial charge is 0.367 e. The lowest BCUT2D eigenvalue weighted by Crippen LogP contribution is -2.54. The molecule has 2 N–H and O–H groups in total. The van der Waals surface area contributed by atoms with Gasteiger partial charge in [0.1, 0.15) is 22.4 Å². The summed E-state index contributed by atoms with van der Waals surface area (Å²) in [6.45, 7) is 7.24. The Kier molecular flexibility index (Phi) is 5.01. The van der Waals surface area contributed by atoms with Crippen molar-refractivity contribution in [1.82, 2.24) is 23.4 Å². The lowest BCUT2D eigenvalue weighted by atomic mass is 10.1. The van der Waals surface area contributed by atoms with Gasteiger partial charge >= 0.3 is 0 Å². The van der Waals surface area contributed by atoms with Gasteiger partial charge in [0.05, 0.1) is 28.8 Å². The van der Waals surface area contributed by atoms with Gasteiger partial charge in [0.15, 0.2) is 11.5 Å². The number of fused-ring (bicyclic) bond motifs is 2.